The number of ether oxygens (including phenoxy) is 2. The Balaban J connectivity index is 2.22. The molecule has 1 heterocycles. The summed E-state index contributed by atoms with van der Waals surface area (Å²) in [6, 6.07) is 4.89. The molecule has 0 radical (unpaired) electrons. The van der Waals surface area contributed by atoms with E-state index in [-0.39, 0.29) is 16.9 Å². The molecule has 6 nitrogen and oxygen atoms in total. The zero-order valence-corrected chi connectivity index (χ0v) is 16.3. The predicted octanol–water partition coefficient (Wildman–Crippen LogP) is 3.18. The van der Waals surface area contributed by atoms with Crippen molar-refractivity contribution in [3.8, 4) is 11.5 Å². The smallest absolute Gasteiger partial charge is 0.336 e. The molecule has 1 aliphatic carbocycles. The standard InChI is InChI=1S/C21H25NO5/c1-11-17(20(25)27-5)18(12-6-7-14(23)16(8-12)26-4)19-13(22-11)9-21(2,3)10-15(19)24/h6-8,18,22-23H,9-10H2,1-5H3/t18-/m1/s1. The second-order valence-electron chi connectivity index (χ2n) is 7.85. The molecule has 0 unspecified atom stereocenters. The van der Waals surface area contributed by atoms with Crippen LogP contribution in [0.4, 0.5) is 0 Å². The quantitative estimate of drug-likeness (QED) is 0.794. The molecular weight excluding hydrogens is 346 g/mol. The van der Waals surface area contributed by atoms with E-state index in [2.05, 4.69) is 19.2 Å². The van der Waals surface area contributed by atoms with Crippen LogP contribution in [-0.4, -0.2) is 31.1 Å². The molecule has 0 spiro atoms. The van der Waals surface area contributed by atoms with Crippen LogP contribution < -0.4 is 10.1 Å². The second kappa shape index (κ2) is 6.76. The van der Waals surface area contributed by atoms with Gasteiger partial charge in [0, 0.05) is 29.3 Å². The number of ketones is 1. The van der Waals surface area contributed by atoms with Gasteiger partial charge in [-0.2, -0.15) is 0 Å². The van der Waals surface area contributed by atoms with Crippen LogP contribution in [0, 0.1) is 5.41 Å². The summed E-state index contributed by atoms with van der Waals surface area (Å²) in [4.78, 5) is 25.6. The van der Waals surface area contributed by atoms with E-state index in [1.54, 1.807) is 12.1 Å². The van der Waals surface area contributed by atoms with E-state index in [1.807, 2.05) is 6.92 Å². The number of phenolic OH excluding ortho intramolecular Hbond substituents is 1. The first-order valence-corrected chi connectivity index (χ1v) is 8.87. The number of methoxy groups -OCH3 is 2. The van der Waals surface area contributed by atoms with Gasteiger partial charge in [0.25, 0.3) is 0 Å². The van der Waals surface area contributed by atoms with Gasteiger partial charge in [0.15, 0.2) is 17.3 Å². The Labute approximate surface area is 158 Å². The first-order valence-electron chi connectivity index (χ1n) is 8.87. The summed E-state index contributed by atoms with van der Waals surface area (Å²) in [6.07, 6.45) is 1.12. The van der Waals surface area contributed by atoms with Crippen LogP contribution >= 0.6 is 0 Å². The van der Waals surface area contributed by atoms with Crippen molar-refractivity contribution in [3.63, 3.8) is 0 Å². The lowest BCUT2D eigenvalue weighted by molar-refractivity contribution is -0.136. The lowest BCUT2D eigenvalue weighted by atomic mass is 9.68. The van der Waals surface area contributed by atoms with Crippen molar-refractivity contribution in [2.24, 2.45) is 5.41 Å². The van der Waals surface area contributed by atoms with Crippen molar-refractivity contribution in [1.82, 2.24) is 5.32 Å². The van der Waals surface area contributed by atoms with E-state index < -0.39 is 11.9 Å². The van der Waals surface area contributed by atoms with Crippen LogP contribution in [-0.2, 0) is 14.3 Å². The highest BCUT2D eigenvalue weighted by molar-refractivity contribution is 6.04. The number of carbonyl (C=O) groups excluding carboxylic acids is 2. The molecule has 0 amide bonds. The Kier molecular flexibility index (Phi) is 4.76. The monoisotopic (exact) mass is 371 g/mol. The minimum atomic E-state index is -0.563. The number of aromatic hydroxyl groups is 1. The zero-order chi connectivity index (χ0) is 19.9. The fraction of sp³-hybridized carbons (Fsp3) is 0.429. The number of phenols is 1. The molecule has 1 aliphatic heterocycles. The maximum Gasteiger partial charge on any atom is 0.336 e. The molecule has 3 rings (SSSR count). The third-order valence-electron chi connectivity index (χ3n) is 5.18. The van der Waals surface area contributed by atoms with Crippen molar-refractivity contribution < 1.29 is 24.2 Å². The van der Waals surface area contributed by atoms with Gasteiger partial charge in [0.05, 0.1) is 19.8 Å². The molecule has 2 aliphatic rings. The molecule has 27 heavy (non-hydrogen) atoms. The van der Waals surface area contributed by atoms with Gasteiger partial charge in [-0.1, -0.05) is 19.9 Å². The van der Waals surface area contributed by atoms with Gasteiger partial charge in [0.1, 0.15) is 0 Å². The summed E-state index contributed by atoms with van der Waals surface area (Å²) >= 11 is 0. The van der Waals surface area contributed by atoms with Gasteiger partial charge in [-0.15, -0.1) is 0 Å². The Morgan fingerprint density at radius 2 is 1.96 bits per heavy atom. The summed E-state index contributed by atoms with van der Waals surface area (Å²) < 4.78 is 10.2. The highest BCUT2D eigenvalue weighted by Crippen LogP contribution is 2.47. The van der Waals surface area contributed by atoms with Crippen molar-refractivity contribution in [3.05, 3.63) is 46.3 Å². The fourth-order valence-corrected chi connectivity index (χ4v) is 4.02. The third kappa shape index (κ3) is 3.31. The van der Waals surface area contributed by atoms with Gasteiger partial charge in [-0.3, -0.25) is 4.79 Å². The molecule has 2 N–H and O–H groups in total. The summed E-state index contributed by atoms with van der Waals surface area (Å²) in [5, 5.41) is 13.2. The average Bonchev–Trinajstić information content (AvgIpc) is 2.59. The molecule has 0 bridgehead atoms. The summed E-state index contributed by atoms with van der Waals surface area (Å²) in [5.41, 5.74) is 3.06. The van der Waals surface area contributed by atoms with Crippen LogP contribution in [0.5, 0.6) is 11.5 Å². The van der Waals surface area contributed by atoms with Crippen LogP contribution in [0.15, 0.2) is 40.7 Å². The minimum Gasteiger partial charge on any atom is -0.504 e. The number of rotatable bonds is 3. The molecular formula is C21H25NO5. The van der Waals surface area contributed by atoms with Gasteiger partial charge in [0.2, 0.25) is 0 Å². The molecule has 0 aromatic heterocycles. The SMILES string of the molecule is COC(=O)C1=C(C)NC2=C(C(=O)CC(C)(C)C2)[C@@H]1c1ccc(O)c(OC)c1. The molecule has 1 aromatic rings. The number of carbonyl (C=O) groups is 2. The highest BCUT2D eigenvalue weighted by atomic mass is 16.5. The van der Waals surface area contributed by atoms with E-state index in [0.29, 0.717) is 41.0 Å². The average molecular weight is 371 g/mol. The van der Waals surface area contributed by atoms with Gasteiger partial charge >= 0.3 is 5.97 Å². The van der Waals surface area contributed by atoms with Crippen molar-refractivity contribution in [2.45, 2.75) is 39.5 Å². The van der Waals surface area contributed by atoms with Crippen molar-refractivity contribution in [1.29, 1.82) is 0 Å². The summed E-state index contributed by atoms with van der Waals surface area (Å²) in [5.74, 6) is -0.743. The van der Waals surface area contributed by atoms with E-state index in [1.165, 1.54) is 20.3 Å². The summed E-state index contributed by atoms with van der Waals surface area (Å²) in [6.45, 7) is 5.93. The number of allylic oxidation sites excluding steroid dienone is 3. The Hall–Kier alpha value is -2.76. The normalized spacial score (nSPS) is 21.5. The van der Waals surface area contributed by atoms with Gasteiger partial charge < -0.3 is 19.9 Å². The molecule has 1 aromatic carbocycles. The van der Waals surface area contributed by atoms with E-state index in [9.17, 15) is 14.7 Å². The molecule has 0 saturated heterocycles. The number of nitrogens with one attached hydrogen (secondary N) is 1. The largest absolute Gasteiger partial charge is 0.504 e. The number of esters is 1. The number of Topliss-reactive ketones (excluding diaryl/α,β-unsaturated/α-hetero) is 1. The number of hydrogen-bond donors (Lipinski definition) is 2. The lowest BCUT2D eigenvalue weighted by Gasteiger charge is -2.39. The molecule has 0 saturated carbocycles. The summed E-state index contributed by atoms with van der Waals surface area (Å²) in [7, 11) is 2.79. The first kappa shape index (κ1) is 19.0. The Morgan fingerprint density at radius 3 is 2.59 bits per heavy atom. The minimum absolute atomic E-state index is 0.000751. The van der Waals surface area contributed by atoms with E-state index in [4.69, 9.17) is 9.47 Å². The Bertz CT molecular complexity index is 879. The zero-order valence-electron chi connectivity index (χ0n) is 16.3. The predicted molar refractivity (Wildman–Crippen MR) is 100 cm³/mol. The molecule has 6 heteroatoms. The van der Waals surface area contributed by atoms with Crippen LogP contribution in [0.2, 0.25) is 0 Å². The molecule has 1 atom stereocenters. The van der Waals surface area contributed by atoms with Crippen molar-refractivity contribution in [2.75, 3.05) is 14.2 Å². The highest BCUT2D eigenvalue weighted by Gasteiger charge is 2.43. The first-order chi connectivity index (χ1) is 12.7. The number of hydrogen-bond acceptors (Lipinski definition) is 6. The van der Waals surface area contributed by atoms with Crippen LogP contribution in [0.3, 0.4) is 0 Å². The maximum atomic E-state index is 13.1. The van der Waals surface area contributed by atoms with E-state index in [0.717, 1.165) is 5.70 Å². The molecule has 144 valence electrons. The number of benzene rings is 1. The second-order valence-corrected chi connectivity index (χ2v) is 7.85. The lowest BCUT2D eigenvalue weighted by Crippen LogP contribution is -2.38. The number of dihydropyridines is 1. The fourth-order valence-electron chi connectivity index (χ4n) is 4.02. The van der Waals surface area contributed by atoms with Gasteiger partial charge in [-0.25, -0.2) is 4.79 Å². The van der Waals surface area contributed by atoms with Crippen LogP contribution in [0.25, 0.3) is 0 Å². The van der Waals surface area contributed by atoms with Crippen molar-refractivity contribution >= 4 is 11.8 Å². The topological polar surface area (TPSA) is 84.9 Å². The van der Waals surface area contributed by atoms with Crippen LogP contribution in [0.1, 0.15) is 45.1 Å². The maximum absolute atomic E-state index is 13.1. The Morgan fingerprint density at radius 1 is 1.26 bits per heavy atom. The van der Waals surface area contributed by atoms with Gasteiger partial charge in [-0.05, 0) is 36.5 Å². The van der Waals surface area contributed by atoms with E-state index >= 15 is 0 Å². The third-order valence-corrected chi connectivity index (χ3v) is 5.18. The molecule has 0 fully saturated rings.